The van der Waals surface area contributed by atoms with Crippen LogP contribution in [-0.2, 0) is 13.0 Å². The molecule has 1 N–H and O–H groups in total. The molecule has 2 aromatic carbocycles. The largest absolute Gasteiger partial charge is 0.497 e. The van der Waals surface area contributed by atoms with E-state index in [0.29, 0.717) is 35.0 Å². The number of aromatic nitrogens is 3. The van der Waals surface area contributed by atoms with Crippen molar-refractivity contribution in [3.8, 4) is 11.5 Å². The molecule has 4 aromatic rings. The third-order valence-electron chi connectivity index (χ3n) is 5.94. The van der Waals surface area contributed by atoms with Gasteiger partial charge in [0, 0.05) is 30.9 Å². The zero-order valence-electron chi connectivity index (χ0n) is 18.5. The summed E-state index contributed by atoms with van der Waals surface area (Å²) >= 11 is 0. The molecule has 1 aliphatic heterocycles. The third-order valence-corrected chi connectivity index (χ3v) is 5.94. The first kappa shape index (κ1) is 20.8. The Labute approximate surface area is 191 Å². The van der Waals surface area contributed by atoms with Gasteiger partial charge in [-0.05, 0) is 41.3 Å². The monoisotopic (exact) mass is 440 g/mol. The van der Waals surface area contributed by atoms with Crippen LogP contribution in [0.4, 0.5) is 5.95 Å². The number of nitrogens with one attached hydrogen (secondary N) is 1. The summed E-state index contributed by atoms with van der Waals surface area (Å²) in [6, 6.07) is 15.8. The van der Waals surface area contributed by atoms with Crippen molar-refractivity contribution in [2.24, 2.45) is 0 Å². The topological polar surface area (TPSA) is 80.3 Å². The second-order valence-corrected chi connectivity index (χ2v) is 7.87. The van der Waals surface area contributed by atoms with Crippen LogP contribution in [0.2, 0.25) is 0 Å². The molecule has 2 aromatic heterocycles. The van der Waals surface area contributed by atoms with Crippen LogP contribution >= 0.6 is 0 Å². The van der Waals surface area contributed by atoms with Gasteiger partial charge in [-0.1, -0.05) is 36.4 Å². The smallest absolute Gasteiger partial charge is 0.262 e. The van der Waals surface area contributed by atoms with Gasteiger partial charge < -0.3 is 14.4 Å². The van der Waals surface area contributed by atoms with Crippen LogP contribution in [0, 0.1) is 0 Å². The van der Waals surface area contributed by atoms with Crippen molar-refractivity contribution in [2.45, 2.75) is 13.0 Å². The summed E-state index contributed by atoms with van der Waals surface area (Å²) in [5.74, 6) is 1.95. The second kappa shape index (κ2) is 8.78. The Balaban J connectivity index is 1.49. The van der Waals surface area contributed by atoms with Crippen LogP contribution in [0.5, 0.6) is 11.5 Å². The number of hydrogen-bond acceptors (Lipinski definition) is 6. The molecule has 7 heteroatoms. The molecule has 0 fully saturated rings. The van der Waals surface area contributed by atoms with E-state index in [4.69, 9.17) is 9.47 Å². The van der Waals surface area contributed by atoms with Crippen LogP contribution < -0.4 is 19.9 Å². The summed E-state index contributed by atoms with van der Waals surface area (Å²) in [7, 11) is 3.23. The first-order valence-corrected chi connectivity index (χ1v) is 10.8. The van der Waals surface area contributed by atoms with Gasteiger partial charge in [-0.2, -0.15) is 4.98 Å². The van der Waals surface area contributed by atoms with Gasteiger partial charge in [-0.15, -0.1) is 0 Å². The Morgan fingerprint density at radius 2 is 1.82 bits per heavy atom. The van der Waals surface area contributed by atoms with E-state index in [0.717, 1.165) is 24.1 Å². The number of nitrogens with zero attached hydrogens (tertiary/aromatic N) is 3. The molecule has 7 nitrogen and oxygen atoms in total. The number of hydrogen-bond donors (Lipinski definition) is 1. The molecule has 0 radical (unpaired) electrons. The van der Waals surface area contributed by atoms with E-state index in [1.807, 2.05) is 42.5 Å². The van der Waals surface area contributed by atoms with Gasteiger partial charge in [0.1, 0.15) is 11.5 Å². The number of fused-ring (bicyclic) bond motifs is 2. The van der Waals surface area contributed by atoms with E-state index in [1.54, 1.807) is 20.4 Å². The van der Waals surface area contributed by atoms with E-state index in [2.05, 4.69) is 38.1 Å². The lowest BCUT2D eigenvalue weighted by Gasteiger charge is -2.29. The van der Waals surface area contributed by atoms with Crippen molar-refractivity contribution in [1.82, 2.24) is 15.0 Å². The molecule has 0 amide bonds. The molecular formula is C26H24N4O3. The molecule has 166 valence electrons. The van der Waals surface area contributed by atoms with E-state index in [9.17, 15) is 4.79 Å². The molecule has 0 unspecified atom stereocenters. The number of anilines is 1. The van der Waals surface area contributed by atoms with Crippen molar-refractivity contribution in [3.05, 3.63) is 87.3 Å². The molecule has 5 rings (SSSR count). The molecule has 0 atom stereocenters. The minimum Gasteiger partial charge on any atom is -0.497 e. The minimum absolute atomic E-state index is 0.205. The zero-order valence-corrected chi connectivity index (χ0v) is 18.5. The van der Waals surface area contributed by atoms with E-state index in [-0.39, 0.29) is 5.56 Å². The highest BCUT2D eigenvalue weighted by Crippen LogP contribution is 2.27. The summed E-state index contributed by atoms with van der Waals surface area (Å²) in [6.45, 7) is 1.50. The van der Waals surface area contributed by atoms with Crippen molar-refractivity contribution in [1.29, 1.82) is 0 Å². The normalized spacial score (nSPS) is 13.3. The average molecular weight is 441 g/mol. The van der Waals surface area contributed by atoms with Crippen LogP contribution in [0.1, 0.15) is 22.3 Å². The fourth-order valence-electron chi connectivity index (χ4n) is 4.18. The summed E-state index contributed by atoms with van der Waals surface area (Å²) in [5.41, 5.74) is 4.43. The number of pyridine rings is 1. The number of H-pyrrole nitrogens is 1. The van der Waals surface area contributed by atoms with Crippen LogP contribution in [0.15, 0.2) is 59.5 Å². The lowest BCUT2D eigenvalue weighted by atomic mass is 10.0. The van der Waals surface area contributed by atoms with Gasteiger partial charge >= 0.3 is 0 Å². The van der Waals surface area contributed by atoms with Crippen molar-refractivity contribution in [3.63, 3.8) is 0 Å². The van der Waals surface area contributed by atoms with E-state index < -0.39 is 0 Å². The lowest BCUT2D eigenvalue weighted by molar-refractivity contribution is 0.394. The summed E-state index contributed by atoms with van der Waals surface area (Å²) in [4.78, 5) is 27.2. The van der Waals surface area contributed by atoms with Gasteiger partial charge in [0.05, 0.1) is 19.6 Å². The number of rotatable bonds is 5. The maximum Gasteiger partial charge on any atom is 0.262 e. The Morgan fingerprint density at radius 1 is 1.00 bits per heavy atom. The number of methoxy groups -OCH3 is 2. The van der Waals surface area contributed by atoms with Gasteiger partial charge in [0.15, 0.2) is 5.65 Å². The van der Waals surface area contributed by atoms with Gasteiger partial charge in [-0.25, -0.2) is 4.98 Å². The quantitative estimate of drug-likeness (QED) is 0.504. The number of benzene rings is 2. The number of ether oxygens (including phenoxy) is 2. The molecule has 33 heavy (non-hydrogen) atoms. The standard InChI is InChI=1S/C26H24N4O3/c1-32-21-10-9-18(22(15-21)33-2)7-8-19-11-13-27-24-23(19)25(31)29-26(28-24)30-14-12-17-5-3-4-6-20(17)16-30/h3-11,13,15H,12,14,16H2,1-2H3,(H,27,28,29,31)/b8-7+. The lowest BCUT2D eigenvalue weighted by Crippen LogP contribution is -2.33. The highest BCUT2D eigenvalue weighted by Gasteiger charge is 2.19. The van der Waals surface area contributed by atoms with Crippen molar-refractivity contribution in [2.75, 3.05) is 25.7 Å². The van der Waals surface area contributed by atoms with Crippen LogP contribution in [-0.4, -0.2) is 35.7 Å². The van der Waals surface area contributed by atoms with Gasteiger partial charge in [0.2, 0.25) is 5.95 Å². The Morgan fingerprint density at radius 3 is 2.64 bits per heavy atom. The molecular weight excluding hydrogens is 416 g/mol. The maximum absolute atomic E-state index is 13.1. The zero-order chi connectivity index (χ0) is 22.8. The summed E-state index contributed by atoms with van der Waals surface area (Å²) < 4.78 is 10.7. The second-order valence-electron chi connectivity index (χ2n) is 7.87. The molecule has 0 saturated heterocycles. The first-order valence-electron chi connectivity index (χ1n) is 10.8. The average Bonchev–Trinajstić information content (AvgIpc) is 2.86. The molecule has 0 spiro atoms. The Kier molecular flexibility index (Phi) is 5.52. The number of aromatic amines is 1. The predicted octanol–water partition coefficient (Wildman–Crippen LogP) is 4.07. The third kappa shape index (κ3) is 4.05. The SMILES string of the molecule is COc1ccc(/C=C/c2ccnc3nc(N4CCc5ccccc5C4)[nH]c(=O)c23)c(OC)c1. The molecule has 0 aliphatic carbocycles. The van der Waals surface area contributed by atoms with Crippen molar-refractivity contribution >= 4 is 29.1 Å². The van der Waals surface area contributed by atoms with E-state index >= 15 is 0 Å². The highest BCUT2D eigenvalue weighted by atomic mass is 16.5. The van der Waals surface area contributed by atoms with Gasteiger partial charge in [0.25, 0.3) is 5.56 Å². The Bertz CT molecular complexity index is 1410. The molecule has 0 saturated carbocycles. The minimum atomic E-state index is -0.205. The summed E-state index contributed by atoms with van der Waals surface area (Å²) in [6.07, 6.45) is 6.37. The molecule has 1 aliphatic rings. The predicted molar refractivity (Wildman–Crippen MR) is 130 cm³/mol. The maximum atomic E-state index is 13.1. The molecule has 0 bridgehead atoms. The first-order chi connectivity index (χ1) is 16.2. The fourth-order valence-corrected chi connectivity index (χ4v) is 4.18. The fraction of sp³-hybridized carbons (Fsp3) is 0.192. The van der Waals surface area contributed by atoms with Gasteiger partial charge in [-0.3, -0.25) is 9.78 Å². The van der Waals surface area contributed by atoms with Crippen molar-refractivity contribution < 1.29 is 9.47 Å². The van der Waals surface area contributed by atoms with E-state index in [1.165, 1.54) is 11.1 Å². The summed E-state index contributed by atoms with van der Waals surface area (Å²) in [5, 5.41) is 0.461. The van der Waals surface area contributed by atoms with Crippen LogP contribution in [0.25, 0.3) is 23.2 Å². The highest BCUT2D eigenvalue weighted by molar-refractivity contribution is 5.88. The molecule has 3 heterocycles. The Hall–Kier alpha value is -4.13. The van der Waals surface area contributed by atoms with Crippen LogP contribution in [0.3, 0.4) is 0 Å².